The van der Waals surface area contributed by atoms with Gasteiger partial charge in [-0.1, -0.05) is 17.7 Å². The first-order valence-electron chi connectivity index (χ1n) is 11.9. The molecule has 1 fully saturated rings. The Balaban J connectivity index is 1.37. The summed E-state index contributed by atoms with van der Waals surface area (Å²) in [5.74, 6) is 2.05. The highest BCUT2D eigenvalue weighted by Gasteiger charge is 2.25. The highest BCUT2D eigenvalue weighted by Crippen LogP contribution is 2.35. The van der Waals surface area contributed by atoms with Crippen molar-refractivity contribution in [3.63, 3.8) is 0 Å². The second kappa shape index (κ2) is 11.0. The van der Waals surface area contributed by atoms with Gasteiger partial charge < -0.3 is 24.4 Å². The maximum absolute atomic E-state index is 12.9. The second-order valence-electron chi connectivity index (χ2n) is 8.58. The van der Waals surface area contributed by atoms with Crippen LogP contribution in [0.4, 0.5) is 11.5 Å². The third-order valence-electron chi connectivity index (χ3n) is 5.91. The van der Waals surface area contributed by atoms with Gasteiger partial charge in [-0.25, -0.2) is 9.97 Å². The SMILES string of the molecule is Cc1ccc(Oc2ccc(Nc3ncnc4cccc(OC(C)C(=O)N5CCOCC5)c34)cc2Cl)cn1. The minimum atomic E-state index is -0.682. The number of benzene rings is 2. The molecule has 0 spiro atoms. The lowest BCUT2D eigenvalue weighted by molar-refractivity contribution is -0.142. The van der Waals surface area contributed by atoms with Gasteiger partial charge in [-0.05, 0) is 56.3 Å². The zero-order chi connectivity index (χ0) is 25.8. The van der Waals surface area contributed by atoms with Crippen LogP contribution in [-0.4, -0.2) is 58.2 Å². The van der Waals surface area contributed by atoms with Crippen LogP contribution in [0.15, 0.2) is 61.1 Å². The van der Waals surface area contributed by atoms with Crippen LogP contribution < -0.4 is 14.8 Å². The van der Waals surface area contributed by atoms with E-state index in [1.807, 2.05) is 37.3 Å². The smallest absolute Gasteiger partial charge is 0.263 e. The van der Waals surface area contributed by atoms with Gasteiger partial charge in [-0.2, -0.15) is 0 Å². The number of amides is 1. The molecule has 0 bridgehead atoms. The highest BCUT2D eigenvalue weighted by atomic mass is 35.5. The number of carbonyl (C=O) groups is 1. The molecule has 5 rings (SSSR count). The number of morpholine rings is 1. The third kappa shape index (κ3) is 5.73. The van der Waals surface area contributed by atoms with E-state index in [2.05, 4.69) is 20.3 Å². The van der Waals surface area contributed by atoms with Crippen LogP contribution in [0.25, 0.3) is 10.9 Å². The molecule has 1 aliphatic rings. The first-order chi connectivity index (χ1) is 18.0. The van der Waals surface area contributed by atoms with Crippen molar-refractivity contribution in [3.8, 4) is 17.2 Å². The number of hydrogen-bond acceptors (Lipinski definition) is 8. The predicted octanol–water partition coefficient (Wildman–Crippen LogP) is 5.15. The summed E-state index contributed by atoms with van der Waals surface area (Å²) < 4.78 is 17.3. The zero-order valence-electron chi connectivity index (χ0n) is 20.5. The Bertz CT molecular complexity index is 1400. The Kier molecular flexibility index (Phi) is 7.34. The van der Waals surface area contributed by atoms with Crippen molar-refractivity contribution < 1.29 is 19.0 Å². The monoisotopic (exact) mass is 519 g/mol. The molecule has 0 aliphatic carbocycles. The van der Waals surface area contributed by atoms with E-state index in [1.165, 1.54) is 6.33 Å². The van der Waals surface area contributed by atoms with Crippen LogP contribution in [0.3, 0.4) is 0 Å². The van der Waals surface area contributed by atoms with Crippen molar-refractivity contribution in [2.24, 2.45) is 0 Å². The first kappa shape index (κ1) is 24.7. The van der Waals surface area contributed by atoms with Gasteiger partial charge in [0.15, 0.2) is 6.10 Å². The van der Waals surface area contributed by atoms with Crippen molar-refractivity contribution in [1.29, 1.82) is 0 Å². The Hall–Kier alpha value is -3.95. The molecule has 2 aromatic carbocycles. The van der Waals surface area contributed by atoms with Gasteiger partial charge in [0.2, 0.25) is 0 Å². The molecule has 4 aromatic rings. The highest BCUT2D eigenvalue weighted by molar-refractivity contribution is 6.32. The lowest BCUT2D eigenvalue weighted by Crippen LogP contribution is -2.46. The Labute approximate surface area is 219 Å². The first-order valence-corrected chi connectivity index (χ1v) is 12.3. The van der Waals surface area contributed by atoms with Gasteiger partial charge in [0, 0.05) is 24.5 Å². The number of ether oxygens (including phenoxy) is 3. The molecule has 1 atom stereocenters. The van der Waals surface area contributed by atoms with Crippen molar-refractivity contribution >= 4 is 39.9 Å². The third-order valence-corrected chi connectivity index (χ3v) is 6.20. The van der Waals surface area contributed by atoms with E-state index in [0.717, 1.165) is 5.69 Å². The van der Waals surface area contributed by atoms with E-state index in [0.29, 0.717) is 71.0 Å². The number of fused-ring (bicyclic) bond motifs is 1. The molecular weight excluding hydrogens is 494 g/mol. The van der Waals surface area contributed by atoms with Gasteiger partial charge >= 0.3 is 0 Å². The topological polar surface area (TPSA) is 98.7 Å². The molecule has 1 N–H and O–H groups in total. The molecule has 9 nitrogen and oxygen atoms in total. The number of halogens is 1. The summed E-state index contributed by atoms with van der Waals surface area (Å²) in [5.41, 5.74) is 2.28. The van der Waals surface area contributed by atoms with E-state index >= 15 is 0 Å². The fraction of sp³-hybridized carbons (Fsp3) is 0.259. The lowest BCUT2D eigenvalue weighted by Gasteiger charge is -2.29. The van der Waals surface area contributed by atoms with E-state index in [1.54, 1.807) is 36.2 Å². The van der Waals surface area contributed by atoms with Crippen LogP contribution in [0.5, 0.6) is 17.2 Å². The van der Waals surface area contributed by atoms with Crippen molar-refractivity contribution in [3.05, 3.63) is 71.8 Å². The number of pyridine rings is 1. The molecule has 1 unspecified atom stereocenters. The molecule has 1 saturated heterocycles. The number of anilines is 2. The summed E-state index contributed by atoms with van der Waals surface area (Å²) in [5, 5.41) is 4.38. The maximum atomic E-state index is 12.9. The lowest BCUT2D eigenvalue weighted by atomic mass is 10.2. The van der Waals surface area contributed by atoms with E-state index < -0.39 is 6.10 Å². The second-order valence-corrected chi connectivity index (χ2v) is 8.99. The molecule has 37 heavy (non-hydrogen) atoms. The molecule has 0 saturated carbocycles. The quantitative estimate of drug-likeness (QED) is 0.358. The summed E-state index contributed by atoms with van der Waals surface area (Å²) in [6, 6.07) is 14.6. The predicted molar refractivity (Wildman–Crippen MR) is 141 cm³/mol. The summed E-state index contributed by atoms with van der Waals surface area (Å²) in [6.45, 7) is 5.83. The molecular formula is C27H26ClN5O4. The van der Waals surface area contributed by atoms with Gasteiger partial charge in [-0.3, -0.25) is 9.78 Å². The zero-order valence-corrected chi connectivity index (χ0v) is 21.2. The Morgan fingerprint density at radius 3 is 2.68 bits per heavy atom. The Morgan fingerprint density at radius 1 is 1.08 bits per heavy atom. The van der Waals surface area contributed by atoms with Crippen molar-refractivity contribution in [1.82, 2.24) is 19.9 Å². The summed E-state index contributed by atoms with van der Waals surface area (Å²) in [4.78, 5) is 27.7. The average Bonchev–Trinajstić information content (AvgIpc) is 2.91. The minimum absolute atomic E-state index is 0.0854. The van der Waals surface area contributed by atoms with Crippen LogP contribution in [0, 0.1) is 6.92 Å². The molecule has 1 aliphatic heterocycles. The Morgan fingerprint density at radius 2 is 1.92 bits per heavy atom. The molecule has 3 heterocycles. The number of nitrogens with one attached hydrogen (secondary N) is 1. The van der Waals surface area contributed by atoms with E-state index in [4.69, 9.17) is 25.8 Å². The van der Waals surface area contributed by atoms with Gasteiger partial charge in [0.25, 0.3) is 5.91 Å². The van der Waals surface area contributed by atoms with Crippen LogP contribution >= 0.6 is 11.6 Å². The van der Waals surface area contributed by atoms with E-state index in [-0.39, 0.29) is 5.91 Å². The summed E-state index contributed by atoms with van der Waals surface area (Å²) in [7, 11) is 0. The number of aryl methyl sites for hydroxylation is 1. The number of nitrogens with zero attached hydrogens (tertiary/aromatic N) is 4. The van der Waals surface area contributed by atoms with Crippen molar-refractivity contribution in [2.45, 2.75) is 20.0 Å². The molecule has 0 radical (unpaired) electrons. The van der Waals surface area contributed by atoms with Gasteiger partial charge in [-0.15, -0.1) is 0 Å². The average molecular weight is 520 g/mol. The molecule has 1 amide bonds. The molecule has 2 aromatic heterocycles. The van der Waals surface area contributed by atoms with Gasteiger partial charge in [0.05, 0.1) is 35.3 Å². The van der Waals surface area contributed by atoms with E-state index in [9.17, 15) is 4.79 Å². The molecule has 190 valence electrons. The van der Waals surface area contributed by atoms with Crippen LogP contribution in [-0.2, 0) is 9.53 Å². The minimum Gasteiger partial charge on any atom is -0.480 e. The normalized spacial score (nSPS) is 14.3. The fourth-order valence-electron chi connectivity index (χ4n) is 3.99. The summed E-state index contributed by atoms with van der Waals surface area (Å²) >= 11 is 6.51. The maximum Gasteiger partial charge on any atom is 0.263 e. The van der Waals surface area contributed by atoms with Crippen molar-refractivity contribution in [2.75, 3.05) is 31.6 Å². The van der Waals surface area contributed by atoms with Gasteiger partial charge in [0.1, 0.15) is 29.4 Å². The van der Waals surface area contributed by atoms with Crippen LogP contribution in [0.1, 0.15) is 12.6 Å². The van der Waals surface area contributed by atoms with Crippen LogP contribution in [0.2, 0.25) is 5.02 Å². The number of aromatic nitrogens is 3. The number of hydrogen-bond donors (Lipinski definition) is 1. The number of carbonyl (C=O) groups excluding carboxylic acids is 1. The standard InChI is InChI=1S/C27H26ClN5O4/c1-17-6-8-20(15-29-17)37-23-9-7-19(14-21(23)28)32-26-25-22(30-16-31-26)4-3-5-24(25)36-18(2)27(34)33-10-12-35-13-11-33/h3-9,14-16,18H,10-13H2,1-2H3,(H,30,31,32). The largest absolute Gasteiger partial charge is 0.480 e. The fourth-order valence-corrected chi connectivity index (χ4v) is 4.21. The number of rotatable bonds is 7. The molecule has 10 heteroatoms. The summed E-state index contributed by atoms with van der Waals surface area (Å²) in [6.07, 6.45) is 2.44.